The van der Waals surface area contributed by atoms with Crippen LogP contribution in [0.3, 0.4) is 0 Å². The fourth-order valence-corrected chi connectivity index (χ4v) is 5.18. The van der Waals surface area contributed by atoms with Gasteiger partial charge in [-0.3, -0.25) is 4.79 Å². The fraction of sp³-hybridized carbons (Fsp3) is 0.379. The maximum Gasteiger partial charge on any atom is 0.223 e. The number of halogens is 1. The van der Waals surface area contributed by atoms with Crippen molar-refractivity contribution in [3.8, 4) is 6.07 Å². The van der Waals surface area contributed by atoms with Crippen LogP contribution in [0.2, 0.25) is 0 Å². The Morgan fingerprint density at radius 2 is 1.88 bits per heavy atom. The van der Waals surface area contributed by atoms with E-state index in [9.17, 15) is 14.4 Å². The minimum Gasteiger partial charge on any atom is -0.339 e. The molecule has 1 aliphatic heterocycles. The summed E-state index contributed by atoms with van der Waals surface area (Å²) in [5.74, 6) is -0.154. The molecule has 1 atom stereocenters. The zero-order chi connectivity index (χ0) is 24.5. The number of aryl methyl sites for hydroxylation is 1. The third kappa shape index (κ3) is 4.56. The van der Waals surface area contributed by atoms with Crippen LogP contribution in [0.25, 0.3) is 10.8 Å². The van der Waals surface area contributed by atoms with Gasteiger partial charge in [0, 0.05) is 18.9 Å². The van der Waals surface area contributed by atoms with Crippen molar-refractivity contribution in [1.82, 2.24) is 9.80 Å². The van der Waals surface area contributed by atoms with Crippen LogP contribution in [0.1, 0.15) is 54.5 Å². The number of nitriles is 1. The second-order valence-corrected chi connectivity index (χ2v) is 9.80. The molecule has 4 nitrogen and oxygen atoms in total. The molecule has 1 saturated heterocycles. The molecule has 0 aromatic heterocycles. The second-order valence-electron chi connectivity index (χ2n) is 9.80. The van der Waals surface area contributed by atoms with E-state index < -0.39 is 0 Å². The summed E-state index contributed by atoms with van der Waals surface area (Å²) >= 11 is 0. The van der Waals surface area contributed by atoms with Crippen LogP contribution in [0, 0.1) is 24.1 Å². The first-order valence-electron chi connectivity index (χ1n) is 11.9. The highest BCUT2D eigenvalue weighted by Crippen LogP contribution is 2.40. The van der Waals surface area contributed by atoms with Crippen molar-refractivity contribution in [3.63, 3.8) is 0 Å². The summed E-state index contributed by atoms with van der Waals surface area (Å²) in [7, 11) is 3.95. The smallest absolute Gasteiger partial charge is 0.223 e. The molecule has 1 unspecified atom stereocenters. The van der Waals surface area contributed by atoms with E-state index in [1.807, 2.05) is 62.5 Å². The number of nitrogens with zero attached hydrogens (tertiary/aromatic N) is 3. The van der Waals surface area contributed by atoms with Crippen molar-refractivity contribution in [3.05, 3.63) is 82.7 Å². The van der Waals surface area contributed by atoms with E-state index in [0.29, 0.717) is 17.5 Å². The van der Waals surface area contributed by atoms with Crippen molar-refractivity contribution in [2.75, 3.05) is 27.2 Å². The SMILES string of the molecule is Cc1cc(C2(CC(=O)N(C)C(C)c3cc(C#N)cc4ccccc34)CCN(C)CC2)ccc1F. The molecule has 34 heavy (non-hydrogen) atoms. The summed E-state index contributed by atoms with van der Waals surface area (Å²) in [4.78, 5) is 17.8. The lowest BCUT2D eigenvalue weighted by Gasteiger charge is -2.42. The van der Waals surface area contributed by atoms with Gasteiger partial charge in [-0.05, 0) is 92.5 Å². The summed E-state index contributed by atoms with van der Waals surface area (Å²) in [6, 6.07) is 19.1. The van der Waals surface area contributed by atoms with Crippen molar-refractivity contribution >= 4 is 16.7 Å². The summed E-state index contributed by atoms with van der Waals surface area (Å²) < 4.78 is 14.0. The lowest BCUT2D eigenvalue weighted by atomic mass is 9.70. The van der Waals surface area contributed by atoms with Gasteiger partial charge in [0.1, 0.15) is 5.82 Å². The number of benzene rings is 3. The zero-order valence-corrected chi connectivity index (χ0v) is 20.4. The van der Waals surface area contributed by atoms with Crippen LogP contribution in [-0.4, -0.2) is 42.9 Å². The second kappa shape index (κ2) is 9.56. The van der Waals surface area contributed by atoms with Gasteiger partial charge in [0.2, 0.25) is 5.91 Å². The Kier molecular flexibility index (Phi) is 6.72. The lowest BCUT2D eigenvalue weighted by Crippen LogP contribution is -2.44. The molecular formula is C29H32FN3O. The zero-order valence-electron chi connectivity index (χ0n) is 20.4. The molecule has 1 aliphatic rings. The van der Waals surface area contributed by atoms with Gasteiger partial charge in [-0.15, -0.1) is 0 Å². The number of rotatable bonds is 5. The third-order valence-electron chi connectivity index (χ3n) is 7.65. The largest absolute Gasteiger partial charge is 0.339 e. The molecule has 1 amide bonds. The summed E-state index contributed by atoms with van der Waals surface area (Å²) in [5, 5.41) is 11.6. The minimum atomic E-state index is -0.313. The molecule has 1 fully saturated rings. The maximum atomic E-state index is 14.0. The van der Waals surface area contributed by atoms with Crippen molar-refractivity contribution in [2.24, 2.45) is 0 Å². The first-order chi connectivity index (χ1) is 16.2. The van der Waals surface area contributed by atoms with Crippen LogP contribution in [0.5, 0.6) is 0 Å². The molecule has 4 rings (SSSR count). The lowest BCUT2D eigenvalue weighted by molar-refractivity contribution is -0.133. The molecule has 0 aliphatic carbocycles. The highest BCUT2D eigenvalue weighted by atomic mass is 19.1. The average molecular weight is 458 g/mol. The Balaban J connectivity index is 1.65. The van der Waals surface area contributed by atoms with E-state index >= 15 is 0 Å². The van der Waals surface area contributed by atoms with E-state index in [1.165, 1.54) is 6.07 Å². The van der Waals surface area contributed by atoms with Gasteiger partial charge in [0.05, 0.1) is 17.7 Å². The average Bonchev–Trinajstić information content (AvgIpc) is 2.85. The number of carbonyl (C=O) groups excluding carboxylic acids is 1. The molecule has 0 N–H and O–H groups in total. The Hall–Kier alpha value is -3.23. The van der Waals surface area contributed by atoms with Crippen LogP contribution in [-0.2, 0) is 10.2 Å². The molecular weight excluding hydrogens is 425 g/mol. The highest BCUT2D eigenvalue weighted by Gasteiger charge is 2.39. The van der Waals surface area contributed by atoms with Gasteiger partial charge in [-0.25, -0.2) is 4.39 Å². The summed E-state index contributed by atoms with van der Waals surface area (Å²) in [6.07, 6.45) is 2.09. The molecule has 3 aromatic rings. The van der Waals surface area contributed by atoms with Crippen LogP contribution < -0.4 is 0 Å². The molecule has 0 radical (unpaired) electrons. The Labute approximate surface area is 201 Å². The maximum absolute atomic E-state index is 14.0. The van der Waals surface area contributed by atoms with E-state index in [0.717, 1.165) is 47.8 Å². The molecule has 0 saturated carbocycles. The van der Waals surface area contributed by atoms with E-state index in [4.69, 9.17) is 0 Å². The number of piperidine rings is 1. The minimum absolute atomic E-state index is 0.0606. The molecule has 176 valence electrons. The molecule has 5 heteroatoms. The first kappa shape index (κ1) is 23.9. The van der Waals surface area contributed by atoms with Crippen LogP contribution in [0.4, 0.5) is 4.39 Å². The van der Waals surface area contributed by atoms with Crippen LogP contribution in [0.15, 0.2) is 54.6 Å². The van der Waals surface area contributed by atoms with Gasteiger partial charge in [0.15, 0.2) is 0 Å². The highest BCUT2D eigenvalue weighted by molar-refractivity contribution is 5.88. The first-order valence-corrected chi connectivity index (χ1v) is 11.9. The van der Waals surface area contributed by atoms with E-state index in [2.05, 4.69) is 18.0 Å². The quantitative estimate of drug-likeness (QED) is 0.491. The van der Waals surface area contributed by atoms with Gasteiger partial charge >= 0.3 is 0 Å². The number of hydrogen-bond donors (Lipinski definition) is 0. The van der Waals surface area contributed by atoms with Crippen molar-refractivity contribution in [1.29, 1.82) is 5.26 Å². The Morgan fingerprint density at radius 3 is 2.56 bits per heavy atom. The predicted octanol–water partition coefficient (Wildman–Crippen LogP) is 5.73. The predicted molar refractivity (Wildman–Crippen MR) is 134 cm³/mol. The van der Waals surface area contributed by atoms with Gasteiger partial charge in [-0.1, -0.05) is 36.4 Å². The molecule has 3 aromatic carbocycles. The van der Waals surface area contributed by atoms with Gasteiger partial charge in [-0.2, -0.15) is 5.26 Å². The topological polar surface area (TPSA) is 47.3 Å². The Morgan fingerprint density at radius 1 is 1.18 bits per heavy atom. The van der Waals surface area contributed by atoms with Crippen molar-refractivity contribution < 1.29 is 9.18 Å². The normalized spacial score (nSPS) is 16.7. The number of fused-ring (bicyclic) bond motifs is 1. The van der Waals surface area contributed by atoms with Crippen LogP contribution >= 0.6 is 0 Å². The van der Waals surface area contributed by atoms with E-state index in [1.54, 1.807) is 11.8 Å². The number of likely N-dealkylation sites (tertiary alicyclic amines) is 1. The van der Waals surface area contributed by atoms with E-state index in [-0.39, 0.29) is 23.2 Å². The number of hydrogen-bond acceptors (Lipinski definition) is 3. The Bertz CT molecular complexity index is 1250. The number of carbonyl (C=O) groups is 1. The van der Waals surface area contributed by atoms with Crippen molar-refractivity contribution in [2.45, 2.75) is 44.6 Å². The van der Waals surface area contributed by atoms with Gasteiger partial charge in [0.25, 0.3) is 0 Å². The standard InChI is InChI=1S/C29H32FN3O/c1-20-15-24(9-10-27(20)30)29(11-13-32(3)14-12-29)18-28(34)33(4)21(2)26-17-22(19-31)16-23-7-5-6-8-25(23)26/h5-10,15-17,21H,11-14,18H2,1-4H3. The molecule has 0 bridgehead atoms. The molecule has 1 heterocycles. The third-order valence-corrected chi connectivity index (χ3v) is 7.65. The monoisotopic (exact) mass is 457 g/mol. The summed E-state index contributed by atoms with van der Waals surface area (Å²) in [5.41, 5.74) is 2.91. The van der Waals surface area contributed by atoms with Gasteiger partial charge < -0.3 is 9.80 Å². The summed E-state index contributed by atoms with van der Waals surface area (Å²) in [6.45, 7) is 5.60. The molecule has 0 spiro atoms. The number of amides is 1. The fourth-order valence-electron chi connectivity index (χ4n) is 5.18.